The molecule has 0 atom stereocenters. The van der Waals surface area contributed by atoms with E-state index in [2.05, 4.69) is 15.3 Å². The van der Waals surface area contributed by atoms with Gasteiger partial charge in [-0.2, -0.15) is 13.2 Å². The van der Waals surface area contributed by atoms with Gasteiger partial charge in [0, 0.05) is 22.3 Å². The Bertz CT molecular complexity index is 1030. The number of thiazole rings is 1. The van der Waals surface area contributed by atoms with E-state index in [0.29, 0.717) is 10.8 Å². The average Bonchev–Trinajstić information content (AvgIpc) is 3.14. The predicted octanol–water partition coefficient (Wildman–Crippen LogP) is 6.64. The van der Waals surface area contributed by atoms with Crippen molar-refractivity contribution in [3.63, 3.8) is 0 Å². The van der Waals surface area contributed by atoms with E-state index in [0.717, 1.165) is 60.0 Å². The molecule has 0 spiro atoms. The number of benzene rings is 1. The third-order valence-corrected chi connectivity index (χ3v) is 6.00. The monoisotopic (exact) mass is 433 g/mol. The topological polar surface area (TPSA) is 47.0 Å². The van der Waals surface area contributed by atoms with E-state index in [-0.39, 0.29) is 12.4 Å². The summed E-state index contributed by atoms with van der Waals surface area (Å²) in [5.74, 6) is -0.136. The number of alkyl halides is 3. The van der Waals surface area contributed by atoms with Crippen LogP contribution in [0.4, 0.5) is 24.0 Å². The van der Waals surface area contributed by atoms with E-state index in [1.165, 1.54) is 17.4 Å². The molecule has 0 aliphatic heterocycles. The molecule has 30 heavy (non-hydrogen) atoms. The van der Waals surface area contributed by atoms with Crippen LogP contribution in [-0.4, -0.2) is 16.6 Å². The van der Waals surface area contributed by atoms with E-state index in [1.54, 1.807) is 12.3 Å². The molecule has 0 saturated heterocycles. The van der Waals surface area contributed by atoms with Crippen LogP contribution in [0.5, 0.6) is 5.75 Å². The maximum Gasteiger partial charge on any atom is 0.420 e. The summed E-state index contributed by atoms with van der Waals surface area (Å²) in [6.45, 7) is 2.31. The first-order valence-corrected chi connectivity index (χ1v) is 10.8. The van der Waals surface area contributed by atoms with Crippen molar-refractivity contribution < 1.29 is 17.9 Å². The van der Waals surface area contributed by atoms with Crippen molar-refractivity contribution in [2.24, 2.45) is 0 Å². The van der Waals surface area contributed by atoms with Gasteiger partial charge >= 0.3 is 6.18 Å². The van der Waals surface area contributed by atoms with Gasteiger partial charge < -0.3 is 10.1 Å². The Balaban J connectivity index is 1.56. The van der Waals surface area contributed by atoms with Gasteiger partial charge in [0.1, 0.15) is 5.75 Å². The number of unbranched alkanes of at least 4 members (excludes halogenated alkanes) is 2. The fourth-order valence-electron chi connectivity index (χ4n) is 3.48. The van der Waals surface area contributed by atoms with Crippen molar-refractivity contribution in [1.29, 1.82) is 0 Å². The molecule has 0 fully saturated rings. The lowest BCUT2D eigenvalue weighted by atomic mass is 9.98. The number of aryl methyl sites for hydroxylation is 2. The van der Waals surface area contributed by atoms with E-state index >= 15 is 0 Å². The second kappa shape index (κ2) is 8.63. The molecule has 0 radical (unpaired) electrons. The smallest absolute Gasteiger partial charge is 0.420 e. The molecule has 2 heterocycles. The number of aromatic nitrogens is 2. The molecule has 0 amide bonds. The van der Waals surface area contributed by atoms with Crippen molar-refractivity contribution in [2.45, 2.75) is 45.2 Å². The van der Waals surface area contributed by atoms with Gasteiger partial charge in [0.05, 0.1) is 23.6 Å². The van der Waals surface area contributed by atoms with Gasteiger partial charge in [-0.15, -0.1) is 11.3 Å². The van der Waals surface area contributed by atoms with Crippen LogP contribution in [0.25, 0.3) is 11.3 Å². The van der Waals surface area contributed by atoms with Gasteiger partial charge in [-0.1, -0.05) is 19.8 Å². The number of hydrogen-bond acceptors (Lipinski definition) is 5. The van der Waals surface area contributed by atoms with Crippen molar-refractivity contribution in [3.8, 4) is 17.0 Å². The molecule has 4 rings (SSSR count). The Hall–Kier alpha value is -2.61. The first-order chi connectivity index (χ1) is 14.5. The number of rotatable bonds is 7. The molecular formula is C22H22F3N3OS. The summed E-state index contributed by atoms with van der Waals surface area (Å²) >= 11 is 1.47. The van der Waals surface area contributed by atoms with Crippen LogP contribution in [-0.2, 0) is 19.0 Å². The highest BCUT2D eigenvalue weighted by molar-refractivity contribution is 7.16. The van der Waals surface area contributed by atoms with Gasteiger partial charge in [0.25, 0.3) is 0 Å². The Labute approximate surface area is 177 Å². The maximum absolute atomic E-state index is 13.6. The average molecular weight is 433 g/mol. The van der Waals surface area contributed by atoms with Gasteiger partial charge in [-0.25, -0.2) is 4.98 Å². The maximum atomic E-state index is 13.6. The summed E-state index contributed by atoms with van der Waals surface area (Å²) in [6, 6.07) is 7.92. The molecule has 158 valence electrons. The van der Waals surface area contributed by atoms with Crippen molar-refractivity contribution >= 4 is 22.2 Å². The largest absolute Gasteiger partial charge is 0.493 e. The number of fused-ring (bicyclic) bond motifs is 3. The number of anilines is 2. The normalized spacial score (nSPS) is 12.9. The molecule has 8 heteroatoms. The van der Waals surface area contributed by atoms with E-state index in [9.17, 15) is 13.2 Å². The number of nitrogens with one attached hydrogen (secondary N) is 1. The van der Waals surface area contributed by atoms with Crippen molar-refractivity contribution in [1.82, 2.24) is 9.97 Å². The Morgan fingerprint density at radius 3 is 2.83 bits per heavy atom. The van der Waals surface area contributed by atoms with Crippen LogP contribution in [0.15, 0.2) is 36.5 Å². The zero-order valence-corrected chi connectivity index (χ0v) is 17.4. The van der Waals surface area contributed by atoms with Gasteiger partial charge in [-0.05, 0) is 49.6 Å². The summed E-state index contributed by atoms with van der Waals surface area (Å²) in [5, 5.41) is 3.61. The second-order valence-electron chi connectivity index (χ2n) is 7.18. The highest BCUT2D eigenvalue weighted by atomic mass is 32.1. The van der Waals surface area contributed by atoms with Gasteiger partial charge in [0.2, 0.25) is 0 Å². The number of nitrogens with zero attached hydrogens (tertiary/aromatic N) is 2. The highest BCUT2D eigenvalue weighted by Gasteiger charge is 2.35. The van der Waals surface area contributed by atoms with E-state index < -0.39 is 11.7 Å². The van der Waals surface area contributed by atoms with Crippen LogP contribution < -0.4 is 10.1 Å². The third-order valence-electron chi connectivity index (χ3n) is 4.97. The van der Waals surface area contributed by atoms with Crippen LogP contribution in [0, 0.1) is 0 Å². The molecule has 2 aromatic heterocycles. The Kier molecular flexibility index (Phi) is 5.94. The molecule has 1 aliphatic carbocycles. The molecule has 0 unspecified atom stereocenters. The molecule has 1 aromatic carbocycles. The minimum atomic E-state index is -4.50. The highest BCUT2D eigenvalue weighted by Crippen LogP contribution is 2.41. The third kappa shape index (κ3) is 4.43. The first-order valence-electron chi connectivity index (χ1n) is 10.0. The number of halogens is 3. The minimum Gasteiger partial charge on any atom is -0.493 e. The SMILES string of the molecule is CCCCCOc1ccc(Nc2nc3c(s2)CCc2ncccc2-3)cc1C(F)(F)F. The fourth-order valence-corrected chi connectivity index (χ4v) is 4.48. The fraction of sp³-hybridized carbons (Fsp3) is 0.364. The Morgan fingerprint density at radius 2 is 2.03 bits per heavy atom. The van der Waals surface area contributed by atoms with E-state index in [1.807, 2.05) is 19.1 Å². The second-order valence-corrected chi connectivity index (χ2v) is 8.26. The predicted molar refractivity (Wildman–Crippen MR) is 112 cm³/mol. The number of ether oxygens (including phenoxy) is 1. The number of pyridine rings is 1. The Morgan fingerprint density at radius 1 is 1.17 bits per heavy atom. The summed E-state index contributed by atoms with van der Waals surface area (Å²) in [5.41, 5.74) is 2.42. The molecule has 4 nitrogen and oxygen atoms in total. The van der Waals surface area contributed by atoms with Crippen LogP contribution >= 0.6 is 11.3 Å². The summed E-state index contributed by atoms with van der Waals surface area (Å²) < 4.78 is 46.1. The minimum absolute atomic E-state index is 0.136. The van der Waals surface area contributed by atoms with E-state index in [4.69, 9.17) is 4.74 Å². The molecule has 0 bridgehead atoms. The van der Waals surface area contributed by atoms with Crippen molar-refractivity contribution in [3.05, 3.63) is 52.7 Å². The molecule has 1 aliphatic rings. The lowest BCUT2D eigenvalue weighted by Gasteiger charge is -2.15. The molecule has 0 saturated carbocycles. The van der Waals surface area contributed by atoms with Gasteiger partial charge in [-0.3, -0.25) is 4.98 Å². The van der Waals surface area contributed by atoms with Crippen LogP contribution in [0.1, 0.15) is 42.3 Å². The summed E-state index contributed by atoms with van der Waals surface area (Å²) in [6.07, 6.45) is 1.58. The van der Waals surface area contributed by atoms with Gasteiger partial charge in [0.15, 0.2) is 5.13 Å². The quantitative estimate of drug-likeness (QED) is 0.425. The summed E-state index contributed by atoms with van der Waals surface area (Å²) in [7, 11) is 0. The lowest BCUT2D eigenvalue weighted by molar-refractivity contribution is -0.138. The van der Waals surface area contributed by atoms with Crippen LogP contribution in [0.2, 0.25) is 0 Å². The summed E-state index contributed by atoms with van der Waals surface area (Å²) in [4.78, 5) is 10.1. The zero-order chi connectivity index (χ0) is 21.1. The lowest BCUT2D eigenvalue weighted by Crippen LogP contribution is -2.10. The zero-order valence-electron chi connectivity index (χ0n) is 16.6. The number of hydrogen-bond donors (Lipinski definition) is 1. The molecule has 3 aromatic rings. The molecule has 1 N–H and O–H groups in total. The van der Waals surface area contributed by atoms with Crippen LogP contribution in [0.3, 0.4) is 0 Å². The standard InChI is InChI=1S/C22H22F3N3OS/c1-2-3-4-12-29-18-9-7-14(13-16(18)22(23,24)25)27-21-28-20-15-6-5-11-26-17(15)8-10-19(20)30-21/h5-7,9,11,13H,2-4,8,10,12H2,1H3,(H,27,28). The molecular weight excluding hydrogens is 411 g/mol. The first kappa shape index (κ1) is 20.7. The van der Waals surface area contributed by atoms with Crippen molar-refractivity contribution in [2.75, 3.05) is 11.9 Å².